The highest BCUT2D eigenvalue weighted by atomic mass is 32.2. The molecule has 1 amide bonds. The van der Waals surface area contributed by atoms with Crippen molar-refractivity contribution in [2.45, 2.75) is 19.0 Å². The van der Waals surface area contributed by atoms with Crippen LogP contribution in [-0.4, -0.2) is 33.2 Å². The monoisotopic (exact) mass is 425 g/mol. The average Bonchev–Trinajstić information content (AvgIpc) is 3.29. The lowest BCUT2D eigenvalue weighted by atomic mass is 10.1. The highest BCUT2D eigenvalue weighted by Crippen LogP contribution is 2.25. The molecule has 1 N–H and O–H groups in total. The van der Waals surface area contributed by atoms with Crippen molar-refractivity contribution in [1.82, 2.24) is 13.9 Å². The number of aryl methyl sites for hydroxylation is 1. The SMILES string of the molecule is COc1cccc(-n2c(C)cc(/C=C(/C#N)C(=O)Nc3nc(SC)ns3)c2C)c1. The van der Waals surface area contributed by atoms with Gasteiger partial charge < -0.3 is 9.30 Å². The van der Waals surface area contributed by atoms with Crippen LogP contribution in [0.3, 0.4) is 0 Å². The number of hydrogen-bond acceptors (Lipinski definition) is 7. The molecule has 1 aromatic carbocycles. The highest BCUT2D eigenvalue weighted by molar-refractivity contribution is 7.98. The molecule has 0 unspecified atom stereocenters. The van der Waals surface area contributed by atoms with Crippen LogP contribution in [0.1, 0.15) is 17.0 Å². The maximum Gasteiger partial charge on any atom is 0.268 e. The van der Waals surface area contributed by atoms with Gasteiger partial charge in [-0.05, 0) is 49.9 Å². The summed E-state index contributed by atoms with van der Waals surface area (Å²) in [4.78, 5) is 16.7. The molecule has 29 heavy (non-hydrogen) atoms. The Labute approximate surface area is 177 Å². The summed E-state index contributed by atoms with van der Waals surface area (Å²) in [6.07, 6.45) is 3.44. The van der Waals surface area contributed by atoms with Crippen LogP contribution in [0.25, 0.3) is 11.8 Å². The van der Waals surface area contributed by atoms with Crippen molar-refractivity contribution in [2.75, 3.05) is 18.7 Å². The number of amides is 1. The topological polar surface area (TPSA) is 92.8 Å². The van der Waals surface area contributed by atoms with Crippen LogP contribution < -0.4 is 10.1 Å². The molecule has 148 valence electrons. The summed E-state index contributed by atoms with van der Waals surface area (Å²) >= 11 is 2.47. The Morgan fingerprint density at radius 1 is 1.38 bits per heavy atom. The summed E-state index contributed by atoms with van der Waals surface area (Å²) in [5, 5.41) is 13.1. The summed E-state index contributed by atoms with van der Waals surface area (Å²) in [6, 6.07) is 11.6. The number of rotatable bonds is 6. The van der Waals surface area contributed by atoms with Gasteiger partial charge >= 0.3 is 0 Å². The first-order valence-electron chi connectivity index (χ1n) is 8.61. The maximum atomic E-state index is 12.5. The second-order valence-corrected chi connectivity index (χ2v) is 7.60. The van der Waals surface area contributed by atoms with Gasteiger partial charge in [0.2, 0.25) is 10.3 Å². The average molecular weight is 426 g/mol. The molecule has 2 aromatic heterocycles. The Bertz CT molecular complexity index is 1120. The predicted octanol–water partition coefficient (Wildman–Crippen LogP) is 4.22. The van der Waals surface area contributed by atoms with E-state index in [0.717, 1.165) is 39.9 Å². The van der Waals surface area contributed by atoms with Gasteiger partial charge in [0.05, 0.1) is 7.11 Å². The van der Waals surface area contributed by atoms with Gasteiger partial charge in [-0.3, -0.25) is 10.1 Å². The minimum atomic E-state index is -0.512. The second-order valence-electron chi connectivity index (χ2n) is 6.07. The molecule has 0 aliphatic carbocycles. The number of aromatic nitrogens is 3. The normalized spacial score (nSPS) is 11.2. The van der Waals surface area contributed by atoms with E-state index in [2.05, 4.69) is 19.2 Å². The van der Waals surface area contributed by atoms with E-state index in [-0.39, 0.29) is 5.57 Å². The van der Waals surface area contributed by atoms with Crippen molar-refractivity contribution in [2.24, 2.45) is 0 Å². The number of carbonyl (C=O) groups is 1. The van der Waals surface area contributed by atoms with E-state index < -0.39 is 5.91 Å². The van der Waals surface area contributed by atoms with Gasteiger partial charge in [0.25, 0.3) is 5.91 Å². The van der Waals surface area contributed by atoms with Gasteiger partial charge in [-0.15, -0.1) is 0 Å². The first-order chi connectivity index (χ1) is 14.0. The number of thioether (sulfide) groups is 1. The van der Waals surface area contributed by atoms with Crippen LogP contribution in [-0.2, 0) is 4.79 Å². The molecule has 3 rings (SSSR count). The fourth-order valence-corrected chi connectivity index (χ4v) is 4.01. The van der Waals surface area contributed by atoms with Gasteiger partial charge in [-0.25, -0.2) is 0 Å². The standard InChI is InChI=1S/C20H19N5O2S2/c1-12-8-14(13(2)25(12)16-6-5-7-17(10-16)27-3)9-15(11-21)18(26)22-19-23-20(28-4)24-29-19/h5-10H,1-4H3,(H,22,23,24,26)/b15-9-. The maximum absolute atomic E-state index is 12.5. The van der Waals surface area contributed by atoms with Crippen LogP contribution in [0, 0.1) is 25.2 Å². The molecular weight excluding hydrogens is 406 g/mol. The van der Waals surface area contributed by atoms with Crippen molar-refractivity contribution in [3.63, 3.8) is 0 Å². The molecule has 9 heteroatoms. The molecule has 0 saturated carbocycles. The third-order valence-electron chi connectivity index (χ3n) is 4.26. The van der Waals surface area contributed by atoms with Crippen LogP contribution in [0.2, 0.25) is 0 Å². The fourth-order valence-electron chi connectivity index (χ4n) is 2.89. The number of nitrogens with zero attached hydrogens (tertiary/aromatic N) is 4. The smallest absolute Gasteiger partial charge is 0.268 e. The van der Waals surface area contributed by atoms with Crippen LogP contribution >= 0.6 is 23.3 Å². The number of carbonyl (C=O) groups excluding carboxylic acids is 1. The molecule has 7 nitrogen and oxygen atoms in total. The molecule has 0 aliphatic heterocycles. The van der Waals surface area contributed by atoms with Gasteiger partial charge in [0.1, 0.15) is 17.4 Å². The minimum Gasteiger partial charge on any atom is -0.497 e. The third kappa shape index (κ3) is 4.50. The zero-order chi connectivity index (χ0) is 21.0. The molecule has 0 bridgehead atoms. The van der Waals surface area contributed by atoms with Gasteiger partial charge in [0.15, 0.2) is 0 Å². The summed E-state index contributed by atoms with van der Waals surface area (Å²) in [5.41, 5.74) is 3.63. The van der Waals surface area contributed by atoms with E-state index in [4.69, 9.17) is 4.74 Å². The lowest BCUT2D eigenvalue weighted by Gasteiger charge is -2.11. The highest BCUT2D eigenvalue weighted by Gasteiger charge is 2.15. The number of methoxy groups -OCH3 is 1. The fraction of sp³-hybridized carbons (Fsp3) is 0.200. The molecule has 2 heterocycles. The van der Waals surface area contributed by atoms with E-state index in [1.54, 1.807) is 13.2 Å². The van der Waals surface area contributed by atoms with E-state index in [1.807, 2.05) is 56.5 Å². The van der Waals surface area contributed by atoms with Crippen molar-refractivity contribution >= 4 is 40.4 Å². The Balaban J connectivity index is 1.91. The molecule has 0 aliphatic rings. The Morgan fingerprint density at radius 2 is 2.17 bits per heavy atom. The second kappa shape index (κ2) is 8.94. The van der Waals surface area contributed by atoms with Crippen LogP contribution in [0.5, 0.6) is 5.75 Å². The number of hydrogen-bond donors (Lipinski definition) is 1. The van der Waals surface area contributed by atoms with Crippen molar-refractivity contribution in [3.8, 4) is 17.5 Å². The van der Waals surface area contributed by atoms with Gasteiger partial charge in [-0.2, -0.15) is 14.6 Å². The molecule has 0 radical (unpaired) electrons. The number of benzene rings is 1. The summed E-state index contributed by atoms with van der Waals surface area (Å²) in [7, 11) is 1.63. The summed E-state index contributed by atoms with van der Waals surface area (Å²) in [5.74, 6) is 0.244. The minimum absolute atomic E-state index is 0.00297. The summed E-state index contributed by atoms with van der Waals surface area (Å²) in [6.45, 7) is 3.92. The molecule has 0 atom stereocenters. The summed E-state index contributed by atoms with van der Waals surface area (Å²) < 4.78 is 11.5. The number of nitrogens with one attached hydrogen (secondary N) is 1. The number of anilines is 1. The quantitative estimate of drug-likeness (QED) is 0.361. The first kappa shape index (κ1) is 20.6. The molecule has 0 fully saturated rings. The van der Waals surface area contributed by atoms with Crippen LogP contribution in [0.4, 0.5) is 5.13 Å². The predicted molar refractivity (Wildman–Crippen MR) is 116 cm³/mol. The molecule has 3 aromatic rings. The first-order valence-corrected chi connectivity index (χ1v) is 10.6. The lowest BCUT2D eigenvalue weighted by molar-refractivity contribution is -0.112. The molecule has 0 saturated heterocycles. The molecule has 0 spiro atoms. The number of nitriles is 1. The Hall–Kier alpha value is -3.09. The van der Waals surface area contributed by atoms with Crippen molar-refractivity contribution in [1.29, 1.82) is 5.26 Å². The Morgan fingerprint density at radius 3 is 2.83 bits per heavy atom. The van der Waals surface area contributed by atoms with Crippen molar-refractivity contribution in [3.05, 3.63) is 52.9 Å². The van der Waals surface area contributed by atoms with Crippen LogP contribution in [0.15, 0.2) is 41.1 Å². The zero-order valence-electron chi connectivity index (χ0n) is 16.4. The van der Waals surface area contributed by atoms with Crippen molar-refractivity contribution < 1.29 is 9.53 Å². The molecular formula is C20H19N5O2S2. The number of ether oxygens (including phenoxy) is 1. The van der Waals surface area contributed by atoms with E-state index >= 15 is 0 Å². The zero-order valence-corrected chi connectivity index (χ0v) is 18.0. The Kier molecular flexibility index (Phi) is 6.36. The van der Waals surface area contributed by atoms with E-state index in [1.165, 1.54) is 11.8 Å². The lowest BCUT2D eigenvalue weighted by Crippen LogP contribution is -2.13. The van der Waals surface area contributed by atoms with E-state index in [9.17, 15) is 10.1 Å². The third-order valence-corrected chi connectivity index (χ3v) is 5.55. The van der Waals surface area contributed by atoms with Gasteiger partial charge in [-0.1, -0.05) is 17.8 Å². The van der Waals surface area contributed by atoms with Gasteiger partial charge in [0, 0.05) is 34.7 Å². The van der Waals surface area contributed by atoms with E-state index in [0.29, 0.717) is 10.3 Å². The largest absolute Gasteiger partial charge is 0.497 e.